The Balaban J connectivity index is 4.18. The molecule has 0 heterocycles. The molecule has 0 saturated heterocycles. The summed E-state index contributed by atoms with van der Waals surface area (Å²) in [4.78, 5) is 11.0. The molecule has 0 radical (unpaired) electrons. The van der Waals surface area contributed by atoms with E-state index in [4.69, 9.17) is 11.5 Å². The van der Waals surface area contributed by atoms with Gasteiger partial charge in [0.05, 0.1) is 0 Å². The Hall–Kier alpha value is -0.670. The molecule has 3 heteroatoms. The number of ketones is 1. The van der Waals surface area contributed by atoms with Gasteiger partial charge in [0.25, 0.3) is 0 Å². The third-order valence-corrected chi connectivity index (χ3v) is 1.36. The van der Waals surface area contributed by atoms with Crippen molar-refractivity contribution in [3.8, 4) is 0 Å². The van der Waals surface area contributed by atoms with Crippen LogP contribution < -0.4 is 11.5 Å². The maximum Gasteiger partial charge on any atom is 0.189 e. The first-order valence-corrected chi connectivity index (χ1v) is 3.29. The Kier molecular flexibility index (Phi) is 3.25. The first-order chi connectivity index (χ1) is 4.54. The van der Waals surface area contributed by atoms with Crippen molar-refractivity contribution in [3.63, 3.8) is 0 Å². The van der Waals surface area contributed by atoms with Crippen molar-refractivity contribution in [1.82, 2.24) is 0 Å². The Morgan fingerprint density at radius 2 is 2.10 bits per heavy atom. The summed E-state index contributed by atoms with van der Waals surface area (Å²) in [5.41, 5.74) is 9.67. The zero-order valence-electron chi connectivity index (χ0n) is 6.42. The minimum Gasteiger partial charge on any atom is -0.307 e. The van der Waals surface area contributed by atoms with Gasteiger partial charge in [-0.15, -0.1) is 0 Å². The molecule has 3 nitrogen and oxygen atoms in total. The minimum absolute atomic E-state index is 0.225. The molecule has 0 aliphatic carbocycles. The van der Waals surface area contributed by atoms with Gasteiger partial charge >= 0.3 is 0 Å². The summed E-state index contributed by atoms with van der Waals surface area (Å²) in [6, 6.07) is 0. The molecule has 0 unspecified atom stereocenters. The lowest BCUT2D eigenvalue weighted by Crippen LogP contribution is -2.55. The fourth-order valence-corrected chi connectivity index (χ4v) is 0.481. The monoisotopic (exact) mass is 142 g/mol. The predicted octanol–water partition coefficient (Wildman–Crippen LogP) is 0.155. The Morgan fingerprint density at radius 1 is 1.60 bits per heavy atom. The van der Waals surface area contributed by atoms with E-state index in [2.05, 4.69) is 0 Å². The molecular weight excluding hydrogens is 128 g/mol. The molecule has 0 spiro atoms. The molecule has 0 atom stereocenters. The molecule has 58 valence electrons. The average molecular weight is 142 g/mol. The van der Waals surface area contributed by atoms with Gasteiger partial charge in [0.2, 0.25) is 0 Å². The molecule has 0 bridgehead atoms. The second-order valence-corrected chi connectivity index (χ2v) is 2.26. The lowest BCUT2D eigenvalue weighted by atomic mass is 10.0. The molecule has 0 fully saturated rings. The Morgan fingerprint density at radius 3 is 2.40 bits per heavy atom. The van der Waals surface area contributed by atoms with E-state index in [1.165, 1.54) is 6.08 Å². The van der Waals surface area contributed by atoms with E-state index >= 15 is 0 Å². The summed E-state index contributed by atoms with van der Waals surface area (Å²) >= 11 is 0. The summed E-state index contributed by atoms with van der Waals surface area (Å²) in [6.07, 6.45) is 3.48. The van der Waals surface area contributed by atoms with E-state index in [0.29, 0.717) is 6.42 Å². The van der Waals surface area contributed by atoms with Gasteiger partial charge in [0.1, 0.15) is 5.66 Å². The number of carbonyl (C=O) groups excluding carboxylic acids is 1. The lowest BCUT2D eigenvalue weighted by Gasteiger charge is -2.18. The Bertz CT molecular complexity index is 150. The van der Waals surface area contributed by atoms with Crippen molar-refractivity contribution in [2.24, 2.45) is 11.5 Å². The molecule has 0 amide bonds. The van der Waals surface area contributed by atoms with Crippen LogP contribution in [0.15, 0.2) is 12.2 Å². The van der Waals surface area contributed by atoms with Gasteiger partial charge in [-0.2, -0.15) is 0 Å². The quantitative estimate of drug-likeness (QED) is 0.435. The smallest absolute Gasteiger partial charge is 0.189 e. The highest BCUT2D eigenvalue weighted by Gasteiger charge is 2.23. The lowest BCUT2D eigenvalue weighted by molar-refractivity contribution is -0.119. The van der Waals surface area contributed by atoms with Crippen molar-refractivity contribution in [1.29, 1.82) is 0 Å². The van der Waals surface area contributed by atoms with Crippen molar-refractivity contribution in [3.05, 3.63) is 12.2 Å². The van der Waals surface area contributed by atoms with E-state index in [0.717, 1.165) is 0 Å². The summed E-state index contributed by atoms with van der Waals surface area (Å²) < 4.78 is 0. The van der Waals surface area contributed by atoms with Crippen LogP contribution in [0.4, 0.5) is 0 Å². The van der Waals surface area contributed by atoms with E-state index in [-0.39, 0.29) is 5.78 Å². The second-order valence-electron chi connectivity index (χ2n) is 2.26. The summed E-state index contributed by atoms with van der Waals surface area (Å²) in [5, 5.41) is 0. The van der Waals surface area contributed by atoms with E-state index in [9.17, 15) is 4.79 Å². The van der Waals surface area contributed by atoms with E-state index in [1.54, 1.807) is 19.9 Å². The predicted molar refractivity (Wildman–Crippen MR) is 41.2 cm³/mol. The number of carbonyl (C=O) groups is 1. The van der Waals surface area contributed by atoms with Gasteiger partial charge in [-0.3, -0.25) is 4.79 Å². The molecule has 10 heavy (non-hydrogen) atoms. The maximum atomic E-state index is 11.0. The number of allylic oxidation sites excluding steroid dienone is 1. The molecule has 4 N–H and O–H groups in total. The van der Waals surface area contributed by atoms with Crippen molar-refractivity contribution in [2.75, 3.05) is 0 Å². The van der Waals surface area contributed by atoms with E-state index in [1.807, 2.05) is 0 Å². The zero-order chi connectivity index (χ0) is 8.20. The van der Waals surface area contributed by atoms with Crippen LogP contribution in [0.2, 0.25) is 0 Å². The third kappa shape index (κ3) is 2.29. The van der Waals surface area contributed by atoms with Crippen molar-refractivity contribution < 1.29 is 4.79 Å². The van der Waals surface area contributed by atoms with E-state index < -0.39 is 5.66 Å². The van der Waals surface area contributed by atoms with Gasteiger partial charge < -0.3 is 11.5 Å². The molecule has 0 saturated carbocycles. The number of nitrogens with two attached hydrogens (primary N) is 2. The molecule has 0 aromatic heterocycles. The van der Waals surface area contributed by atoms with Crippen LogP contribution in [0.3, 0.4) is 0 Å². The second kappa shape index (κ2) is 3.49. The van der Waals surface area contributed by atoms with Crippen LogP contribution >= 0.6 is 0 Å². The van der Waals surface area contributed by atoms with Crippen LogP contribution in [0.5, 0.6) is 0 Å². The molecule has 0 aromatic carbocycles. The van der Waals surface area contributed by atoms with Gasteiger partial charge in [-0.25, -0.2) is 0 Å². The topological polar surface area (TPSA) is 69.1 Å². The fraction of sp³-hybridized carbons (Fsp3) is 0.571. The number of hydrogen-bond acceptors (Lipinski definition) is 3. The highest BCUT2D eigenvalue weighted by molar-refractivity contribution is 5.96. The molecular formula is C7H14N2O. The first kappa shape index (κ1) is 9.33. The van der Waals surface area contributed by atoms with Gasteiger partial charge in [0, 0.05) is 0 Å². The van der Waals surface area contributed by atoms with Crippen LogP contribution in [0.25, 0.3) is 0 Å². The highest BCUT2D eigenvalue weighted by atomic mass is 16.1. The van der Waals surface area contributed by atoms with Crippen molar-refractivity contribution >= 4 is 5.78 Å². The van der Waals surface area contributed by atoms with Crippen LogP contribution in [-0.2, 0) is 4.79 Å². The standard InChI is InChI=1S/C7H14N2O/c1-3-5-6(10)7(8,9)4-2/h3,5H,4,8-9H2,1-2H3. The van der Waals surface area contributed by atoms with Crippen LogP contribution in [-0.4, -0.2) is 11.4 Å². The molecule has 0 aliphatic rings. The summed E-state index contributed by atoms with van der Waals surface area (Å²) in [7, 11) is 0. The summed E-state index contributed by atoms with van der Waals surface area (Å²) in [6.45, 7) is 3.53. The average Bonchev–Trinajstić information content (AvgIpc) is 1.89. The van der Waals surface area contributed by atoms with Crippen LogP contribution in [0, 0.1) is 0 Å². The number of rotatable bonds is 3. The third-order valence-electron chi connectivity index (χ3n) is 1.36. The molecule has 0 rings (SSSR count). The molecule has 0 aromatic rings. The Labute approximate surface area is 61.1 Å². The number of hydrogen-bond donors (Lipinski definition) is 2. The zero-order valence-corrected chi connectivity index (χ0v) is 6.42. The van der Waals surface area contributed by atoms with Gasteiger partial charge in [-0.1, -0.05) is 13.0 Å². The molecule has 0 aliphatic heterocycles. The normalized spacial score (nSPS) is 12.4. The highest BCUT2D eigenvalue weighted by Crippen LogP contribution is 1.99. The summed E-state index contributed by atoms with van der Waals surface area (Å²) in [5.74, 6) is -0.225. The fourth-order valence-electron chi connectivity index (χ4n) is 0.481. The largest absolute Gasteiger partial charge is 0.307 e. The first-order valence-electron chi connectivity index (χ1n) is 3.29. The van der Waals surface area contributed by atoms with Crippen LogP contribution in [0.1, 0.15) is 20.3 Å². The van der Waals surface area contributed by atoms with Gasteiger partial charge in [-0.05, 0) is 19.4 Å². The maximum absolute atomic E-state index is 11.0. The van der Waals surface area contributed by atoms with Gasteiger partial charge in [0.15, 0.2) is 5.78 Å². The van der Waals surface area contributed by atoms with Crippen molar-refractivity contribution in [2.45, 2.75) is 25.9 Å². The minimum atomic E-state index is -1.17. The SMILES string of the molecule is CC=CC(=O)C(N)(N)CC.